The molecule has 2 N–H and O–H groups in total. The smallest absolute Gasteiger partial charge is 0.139 e. The second-order valence-corrected chi connectivity index (χ2v) is 6.26. The monoisotopic (exact) mass is 346 g/mol. The van der Waals surface area contributed by atoms with Crippen molar-refractivity contribution in [1.29, 1.82) is 0 Å². The molecule has 0 saturated carbocycles. The van der Waals surface area contributed by atoms with E-state index in [9.17, 15) is 5.11 Å². The van der Waals surface area contributed by atoms with Gasteiger partial charge in [-0.15, -0.1) is 12.4 Å². The Morgan fingerprint density at radius 3 is 2.38 bits per heavy atom. The van der Waals surface area contributed by atoms with E-state index in [1.54, 1.807) is 0 Å². The van der Waals surface area contributed by atoms with Gasteiger partial charge in [0.2, 0.25) is 0 Å². The van der Waals surface area contributed by atoms with Crippen molar-refractivity contribution >= 4 is 34.2 Å². The number of para-hydroxylation sites is 1. The van der Waals surface area contributed by atoms with Gasteiger partial charge in [0.1, 0.15) is 5.75 Å². The fourth-order valence-corrected chi connectivity index (χ4v) is 3.47. The van der Waals surface area contributed by atoms with Gasteiger partial charge in [-0.1, -0.05) is 38.1 Å². The lowest BCUT2D eigenvalue weighted by Crippen LogP contribution is -2.27. The van der Waals surface area contributed by atoms with Crippen LogP contribution in [0.3, 0.4) is 0 Å². The molecule has 0 atom stereocenters. The SMILES string of the molecule is CCCN(CCC)CCc1ccc(O)c2[nH]c3ccccc3c12.Cl. The highest BCUT2D eigenvalue weighted by atomic mass is 35.5. The predicted octanol–water partition coefficient (Wildman–Crippen LogP) is 5.11. The van der Waals surface area contributed by atoms with E-state index in [2.05, 4.69) is 48.0 Å². The zero-order valence-electron chi connectivity index (χ0n) is 14.5. The number of aromatic nitrogens is 1. The topological polar surface area (TPSA) is 39.3 Å². The van der Waals surface area contributed by atoms with E-state index in [1.807, 2.05) is 12.1 Å². The zero-order valence-corrected chi connectivity index (χ0v) is 15.3. The number of rotatable bonds is 7. The molecule has 0 saturated heterocycles. The molecule has 2 aromatic carbocycles. The van der Waals surface area contributed by atoms with Crippen LogP contribution in [-0.4, -0.2) is 34.6 Å². The van der Waals surface area contributed by atoms with E-state index in [0.717, 1.165) is 37.1 Å². The highest BCUT2D eigenvalue weighted by Gasteiger charge is 2.13. The molecule has 0 aliphatic rings. The molecule has 0 amide bonds. The van der Waals surface area contributed by atoms with Crippen molar-refractivity contribution in [2.75, 3.05) is 19.6 Å². The molecule has 0 aliphatic heterocycles. The summed E-state index contributed by atoms with van der Waals surface area (Å²) in [5.74, 6) is 0.332. The molecular weight excluding hydrogens is 320 g/mol. The van der Waals surface area contributed by atoms with Crippen molar-refractivity contribution in [3.63, 3.8) is 0 Å². The van der Waals surface area contributed by atoms with Crippen molar-refractivity contribution in [1.82, 2.24) is 9.88 Å². The Balaban J connectivity index is 0.00000208. The second kappa shape index (κ2) is 8.41. The van der Waals surface area contributed by atoms with Gasteiger partial charge < -0.3 is 15.0 Å². The van der Waals surface area contributed by atoms with E-state index in [1.165, 1.54) is 29.2 Å². The Bertz CT molecular complexity index is 791. The first-order valence-corrected chi connectivity index (χ1v) is 8.68. The number of benzene rings is 2. The minimum Gasteiger partial charge on any atom is -0.506 e. The lowest BCUT2D eigenvalue weighted by Gasteiger charge is -2.21. The van der Waals surface area contributed by atoms with E-state index in [4.69, 9.17) is 0 Å². The summed E-state index contributed by atoms with van der Waals surface area (Å²) in [6.45, 7) is 7.86. The number of aromatic hydroxyl groups is 1. The minimum absolute atomic E-state index is 0. The van der Waals surface area contributed by atoms with Gasteiger partial charge in [0.25, 0.3) is 0 Å². The first kappa shape index (κ1) is 18.6. The van der Waals surface area contributed by atoms with Crippen molar-refractivity contribution in [2.45, 2.75) is 33.1 Å². The number of halogens is 1. The van der Waals surface area contributed by atoms with Gasteiger partial charge in [-0.25, -0.2) is 0 Å². The first-order chi connectivity index (χ1) is 11.2. The number of hydrogen-bond acceptors (Lipinski definition) is 2. The summed E-state index contributed by atoms with van der Waals surface area (Å²) in [6.07, 6.45) is 3.40. The van der Waals surface area contributed by atoms with E-state index in [-0.39, 0.29) is 12.4 Å². The Morgan fingerprint density at radius 2 is 1.67 bits per heavy atom. The molecule has 0 unspecified atom stereocenters. The van der Waals surface area contributed by atoms with Crippen LogP contribution in [0.4, 0.5) is 0 Å². The third-order valence-electron chi connectivity index (χ3n) is 4.50. The fraction of sp³-hybridized carbons (Fsp3) is 0.400. The van der Waals surface area contributed by atoms with Gasteiger partial charge in [-0.3, -0.25) is 0 Å². The number of aromatic amines is 1. The Kier molecular flexibility index (Phi) is 6.52. The summed E-state index contributed by atoms with van der Waals surface area (Å²) in [5, 5.41) is 12.6. The third-order valence-corrected chi connectivity index (χ3v) is 4.50. The van der Waals surface area contributed by atoms with Gasteiger partial charge in [0.05, 0.1) is 5.52 Å². The highest BCUT2D eigenvalue weighted by molar-refractivity contribution is 6.10. The molecular formula is C20H27ClN2O. The van der Waals surface area contributed by atoms with E-state index in [0.29, 0.717) is 5.75 Å². The predicted molar refractivity (Wildman–Crippen MR) is 105 cm³/mol. The number of H-pyrrole nitrogens is 1. The van der Waals surface area contributed by atoms with Crippen molar-refractivity contribution in [2.24, 2.45) is 0 Å². The van der Waals surface area contributed by atoms with Crippen LogP contribution in [0, 0.1) is 0 Å². The average molecular weight is 347 g/mol. The van der Waals surface area contributed by atoms with Crippen LogP contribution in [0.15, 0.2) is 36.4 Å². The highest BCUT2D eigenvalue weighted by Crippen LogP contribution is 2.34. The largest absolute Gasteiger partial charge is 0.506 e. The fourth-order valence-electron chi connectivity index (χ4n) is 3.47. The Labute approximate surface area is 150 Å². The van der Waals surface area contributed by atoms with Gasteiger partial charge in [-0.2, -0.15) is 0 Å². The van der Waals surface area contributed by atoms with Crippen molar-refractivity contribution in [3.8, 4) is 5.75 Å². The molecule has 0 fully saturated rings. The van der Waals surface area contributed by atoms with Crippen molar-refractivity contribution < 1.29 is 5.11 Å². The molecule has 1 aromatic heterocycles. The Hall–Kier alpha value is -1.71. The molecule has 3 aromatic rings. The maximum atomic E-state index is 10.2. The summed E-state index contributed by atoms with van der Waals surface area (Å²) in [4.78, 5) is 5.90. The number of nitrogens with zero attached hydrogens (tertiary/aromatic N) is 1. The molecule has 1 heterocycles. The number of phenolic OH excluding ortho intramolecular Hbond substituents is 1. The standard InChI is InChI=1S/C20H26N2O.ClH/c1-3-12-22(13-4-2)14-11-15-9-10-18(23)20-19(15)16-7-5-6-8-17(16)21-20;/h5-10,21,23H,3-4,11-14H2,1-2H3;1H. The number of nitrogens with one attached hydrogen (secondary N) is 1. The number of hydrogen-bond donors (Lipinski definition) is 2. The van der Waals surface area contributed by atoms with Crippen molar-refractivity contribution in [3.05, 3.63) is 42.0 Å². The molecule has 0 bridgehead atoms. The van der Waals surface area contributed by atoms with Crippen LogP contribution < -0.4 is 0 Å². The summed E-state index contributed by atoms with van der Waals surface area (Å²) in [6, 6.07) is 12.2. The summed E-state index contributed by atoms with van der Waals surface area (Å²) < 4.78 is 0. The van der Waals surface area contributed by atoms with Crippen LogP contribution in [-0.2, 0) is 6.42 Å². The molecule has 24 heavy (non-hydrogen) atoms. The van der Waals surface area contributed by atoms with Crippen LogP contribution in [0.25, 0.3) is 21.8 Å². The summed E-state index contributed by atoms with van der Waals surface area (Å²) in [5.41, 5.74) is 3.26. The molecule has 0 spiro atoms. The van der Waals surface area contributed by atoms with E-state index < -0.39 is 0 Å². The summed E-state index contributed by atoms with van der Waals surface area (Å²) >= 11 is 0. The molecule has 0 aliphatic carbocycles. The average Bonchev–Trinajstić information content (AvgIpc) is 2.95. The molecule has 3 nitrogen and oxygen atoms in total. The molecule has 4 heteroatoms. The van der Waals surface area contributed by atoms with Crippen LogP contribution in [0.2, 0.25) is 0 Å². The van der Waals surface area contributed by atoms with Gasteiger partial charge in [-0.05, 0) is 50.0 Å². The maximum Gasteiger partial charge on any atom is 0.139 e. The normalized spacial score (nSPS) is 11.3. The summed E-state index contributed by atoms with van der Waals surface area (Å²) in [7, 11) is 0. The number of fused-ring (bicyclic) bond motifs is 3. The van der Waals surface area contributed by atoms with E-state index >= 15 is 0 Å². The van der Waals surface area contributed by atoms with Gasteiger partial charge in [0.15, 0.2) is 0 Å². The Morgan fingerprint density at radius 1 is 0.958 bits per heavy atom. The van der Waals surface area contributed by atoms with Crippen LogP contribution >= 0.6 is 12.4 Å². The quantitative estimate of drug-likeness (QED) is 0.623. The molecule has 130 valence electrons. The number of phenols is 1. The van der Waals surface area contributed by atoms with Crippen LogP contribution in [0.5, 0.6) is 5.75 Å². The minimum atomic E-state index is 0. The second-order valence-electron chi connectivity index (χ2n) is 6.26. The third kappa shape index (κ3) is 3.68. The van der Waals surface area contributed by atoms with Gasteiger partial charge in [0, 0.05) is 22.8 Å². The van der Waals surface area contributed by atoms with Crippen LogP contribution in [0.1, 0.15) is 32.3 Å². The zero-order chi connectivity index (χ0) is 16.2. The molecule has 3 rings (SSSR count). The lowest BCUT2D eigenvalue weighted by molar-refractivity contribution is 0.278. The lowest BCUT2D eigenvalue weighted by atomic mass is 10.0. The maximum absolute atomic E-state index is 10.2. The van der Waals surface area contributed by atoms with Gasteiger partial charge >= 0.3 is 0 Å². The first-order valence-electron chi connectivity index (χ1n) is 8.68. The molecule has 0 radical (unpaired) electrons.